The monoisotopic (exact) mass is 406 g/mol. The third-order valence-corrected chi connectivity index (χ3v) is 4.48. The normalized spacial score (nSPS) is 10.4. The standard InChI is InChI=1S/C23H26N4O3/c28-22(11-16-30-21-5-2-1-3-6-21)26-17-19-7-9-20(10-8-19)23(29)25-12-4-14-27-15-13-24-18-27/h1-3,5-10,13,15,18H,4,11-12,14,16-17H2,(H,25,29)(H,26,28). The molecule has 0 aliphatic carbocycles. The molecule has 1 aromatic heterocycles. The molecule has 0 aliphatic rings. The van der Waals surface area contributed by atoms with E-state index in [1.54, 1.807) is 24.7 Å². The molecule has 2 aromatic carbocycles. The Morgan fingerprint density at radius 1 is 1.00 bits per heavy atom. The fourth-order valence-corrected chi connectivity index (χ4v) is 2.83. The van der Waals surface area contributed by atoms with Crippen LogP contribution in [0, 0.1) is 0 Å². The Balaban J connectivity index is 1.32. The van der Waals surface area contributed by atoms with E-state index in [2.05, 4.69) is 15.6 Å². The maximum atomic E-state index is 12.2. The highest BCUT2D eigenvalue weighted by molar-refractivity contribution is 5.94. The number of amides is 2. The topological polar surface area (TPSA) is 85.2 Å². The number of nitrogens with one attached hydrogen (secondary N) is 2. The van der Waals surface area contributed by atoms with E-state index < -0.39 is 0 Å². The maximum absolute atomic E-state index is 12.2. The van der Waals surface area contributed by atoms with Crippen molar-refractivity contribution < 1.29 is 14.3 Å². The van der Waals surface area contributed by atoms with Crippen LogP contribution in [-0.2, 0) is 17.9 Å². The fraction of sp³-hybridized carbons (Fsp3) is 0.261. The van der Waals surface area contributed by atoms with Gasteiger partial charge in [-0.05, 0) is 36.2 Å². The Bertz CT molecular complexity index is 909. The van der Waals surface area contributed by atoms with Crippen LogP contribution in [0.2, 0.25) is 0 Å². The zero-order chi connectivity index (χ0) is 21.0. The fourth-order valence-electron chi connectivity index (χ4n) is 2.83. The first-order valence-electron chi connectivity index (χ1n) is 9.98. The van der Waals surface area contributed by atoms with Gasteiger partial charge in [-0.15, -0.1) is 0 Å². The van der Waals surface area contributed by atoms with E-state index in [1.807, 2.05) is 53.2 Å². The van der Waals surface area contributed by atoms with E-state index in [4.69, 9.17) is 4.74 Å². The molecule has 2 amide bonds. The number of aromatic nitrogens is 2. The van der Waals surface area contributed by atoms with E-state index in [1.165, 1.54) is 0 Å². The lowest BCUT2D eigenvalue weighted by molar-refractivity contribution is -0.121. The molecular formula is C23H26N4O3. The number of rotatable bonds is 11. The number of hydrogen-bond acceptors (Lipinski definition) is 4. The highest BCUT2D eigenvalue weighted by Crippen LogP contribution is 2.08. The number of aryl methyl sites for hydroxylation is 1. The van der Waals surface area contributed by atoms with Crippen LogP contribution in [-0.4, -0.2) is 34.5 Å². The molecule has 7 heteroatoms. The van der Waals surface area contributed by atoms with Gasteiger partial charge < -0.3 is 19.9 Å². The van der Waals surface area contributed by atoms with Crippen LogP contribution in [0.5, 0.6) is 5.75 Å². The lowest BCUT2D eigenvalue weighted by Crippen LogP contribution is -2.26. The Morgan fingerprint density at radius 2 is 1.80 bits per heavy atom. The molecule has 3 rings (SSSR count). The molecule has 0 fully saturated rings. The van der Waals surface area contributed by atoms with E-state index >= 15 is 0 Å². The molecule has 0 saturated heterocycles. The predicted octanol–water partition coefficient (Wildman–Crippen LogP) is 2.79. The predicted molar refractivity (Wildman–Crippen MR) is 114 cm³/mol. The molecule has 0 saturated carbocycles. The van der Waals surface area contributed by atoms with Gasteiger partial charge in [-0.3, -0.25) is 9.59 Å². The van der Waals surface area contributed by atoms with Gasteiger partial charge in [0.05, 0.1) is 19.4 Å². The lowest BCUT2D eigenvalue weighted by Gasteiger charge is -2.09. The minimum Gasteiger partial charge on any atom is -0.493 e. The second kappa shape index (κ2) is 11.4. The van der Waals surface area contributed by atoms with Gasteiger partial charge in [-0.2, -0.15) is 0 Å². The van der Waals surface area contributed by atoms with Crippen molar-refractivity contribution in [1.29, 1.82) is 0 Å². The van der Waals surface area contributed by atoms with Gasteiger partial charge in [-0.25, -0.2) is 4.98 Å². The summed E-state index contributed by atoms with van der Waals surface area (Å²) in [5.41, 5.74) is 1.54. The summed E-state index contributed by atoms with van der Waals surface area (Å²) in [5, 5.41) is 5.77. The molecule has 0 atom stereocenters. The molecule has 1 heterocycles. The quantitative estimate of drug-likeness (QED) is 0.480. The molecule has 7 nitrogen and oxygen atoms in total. The molecule has 0 bridgehead atoms. The molecular weight excluding hydrogens is 380 g/mol. The second-order valence-electron chi connectivity index (χ2n) is 6.80. The molecule has 0 radical (unpaired) electrons. The van der Waals surface area contributed by atoms with Crippen molar-refractivity contribution in [3.63, 3.8) is 0 Å². The summed E-state index contributed by atoms with van der Waals surface area (Å²) in [6.45, 7) is 2.15. The number of para-hydroxylation sites is 1. The minimum absolute atomic E-state index is 0.0781. The third-order valence-electron chi connectivity index (χ3n) is 4.48. The zero-order valence-electron chi connectivity index (χ0n) is 16.8. The van der Waals surface area contributed by atoms with Gasteiger partial charge in [0.25, 0.3) is 5.91 Å². The summed E-state index contributed by atoms with van der Waals surface area (Å²) in [6.07, 6.45) is 6.51. The average molecular weight is 406 g/mol. The van der Waals surface area contributed by atoms with E-state index in [9.17, 15) is 9.59 Å². The summed E-state index contributed by atoms with van der Waals surface area (Å²) < 4.78 is 7.50. The van der Waals surface area contributed by atoms with Crippen LogP contribution >= 0.6 is 0 Å². The van der Waals surface area contributed by atoms with Crippen molar-refractivity contribution in [2.24, 2.45) is 0 Å². The van der Waals surface area contributed by atoms with Crippen LogP contribution in [0.15, 0.2) is 73.3 Å². The van der Waals surface area contributed by atoms with Crippen LogP contribution in [0.1, 0.15) is 28.8 Å². The van der Waals surface area contributed by atoms with Crippen molar-refractivity contribution >= 4 is 11.8 Å². The molecule has 0 unspecified atom stereocenters. The summed E-state index contributed by atoms with van der Waals surface area (Å²) in [7, 11) is 0. The Labute approximate surface area is 176 Å². The molecule has 0 aliphatic heterocycles. The Hall–Kier alpha value is -3.61. The van der Waals surface area contributed by atoms with Crippen molar-refractivity contribution in [2.75, 3.05) is 13.2 Å². The highest BCUT2D eigenvalue weighted by atomic mass is 16.5. The molecule has 0 spiro atoms. The van der Waals surface area contributed by atoms with E-state index in [0.29, 0.717) is 25.3 Å². The minimum atomic E-state index is -0.103. The summed E-state index contributed by atoms with van der Waals surface area (Å²) in [6, 6.07) is 16.6. The van der Waals surface area contributed by atoms with Crippen molar-refractivity contribution in [2.45, 2.75) is 25.9 Å². The first kappa shape index (κ1) is 21.1. The first-order chi connectivity index (χ1) is 14.7. The lowest BCUT2D eigenvalue weighted by atomic mass is 10.1. The summed E-state index contributed by atoms with van der Waals surface area (Å²) in [5.74, 6) is 0.570. The smallest absolute Gasteiger partial charge is 0.251 e. The third kappa shape index (κ3) is 7.09. The Morgan fingerprint density at radius 3 is 2.53 bits per heavy atom. The van der Waals surface area contributed by atoms with Gasteiger partial charge >= 0.3 is 0 Å². The van der Waals surface area contributed by atoms with Gasteiger partial charge in [-0.1, -0.05) is 30.3 Å². The maximum Gasteiger partial charge on any atom is 0.251 e. The van der Waals surface area contributed by atoms with E-state index in [0.717, 1.165) is 24.3 Å². The highest BCUT2D eigenvalue weighted by Gasteiger charge is 2.06. The van der Waals surface area contributed by atoms with Gasteiger partial charge in [0.1, 0.15) is 5.75 Å². The van der Waals surface area contributed by atoms with Gasteiger partial charge in [0, 0.05) is 37.6 Å². The van der Waals surface area contributed by atoms with E-state index in [-0.39, 0.29) is 18.2 Å². The number of carbonyl (C=O) groups excluding carboxylic acids is 2. The first-order valence-corrected chi connectivity index (χ1v) is 9.98. The average Bonchev–Trinajstić information content (AvgIpc) is 3.30. The molecule has 30 heavy (non-hydrogen) atoms. The number of imidazole rings is 1. The zero-order valence-corrected chi connectivity index (χ0v) is 16.8. The summed E-state index contributed by atoms with van der Waals surface area (Å²) >= 11 is 0. The number of nitrogens with zero attached hydrogens (tertiary/aromatic N) is 2. The van der Waals surface area contributed by atoms with Crippen molar-refractivity contribution in [3.8, 4) is 5.75 Å². The molecule has 2 N–H and O–H groups in total. The van der Waals surface area contributed by atoms with Crippen LogP contribution in [0.3, 0.4) is 0 Å². The second-order valence-corrected chi connectivity index (χ2v) is 6.80. The molecule has 156 valence electrons. The van der Waals surface area contributed by atoms with Crippen LogP contribution in [0.25, 0.3) is 0 Å². The number of ether oxygens (including phenoxy) is 1. The number of benzene rings is 2. The Kier molecular flexibility index (Phi) is 8.02. The van der Waals surface area contributed by atoms with Crippen LogP contribution in [0.4, 0.5) is 0 Å². The van der Waals surface area contributed by atoms with Crippen LogP contribution < -0.4 is 15.4 Å². The summed E-state index contributed by atoms with van der Waals surface area (Å²) in [4.78, 5) is 28.1. The molecule has 3 aromatic rings. The SMILES string of the molecule is O=C(CCOc1ccccc1)NCc1ccc(C(=O)NCCCn2ccnc2)cc1. The van der Waals surface area contributed by atoms with Crippen molar-refractivity contribution in [3.05, 3.63) is 84.4 Å². The number of hydrogen-bond donors (Lipinski definition) is 2. The number of carbonyl (C=O) groups is 2. The van der Waals surface area contributed by atoms with Crippen molar-refractivity contribution in [1.82, 2.24) is 20.2 Å². The van der Waals surface area contributed by atoms with Gasteiger partial charge in [0.2, 0.25) is 5.91 Å². The largest absolute Gasteiger partial charge is 0.493 e. The van der Waals surface area contributed by atoms with Gasteiger partial charge in [0.15, 0.2) is 0 Å².